The Hall–Kier alpha value is -3.09. The second-order valence-corrected chi connectivity index (χ2v) is 10.2. The van der Waals surface area contributed by atoms with Crippen molar-refractivity contribution in [3.05, 3.63) is 77.4 Å². The van der Waals surface area contributed by atoms with Gasteiger partial charge in [0.15, 0.2) is 11.6 Å². The Balaban J connectivity index is 1.51. The van der Waals surface area contributed by atoms with Crippen molar-refractivity contribution in [2.45, 2.75) is 77.5 Å². The van der Waals surface area contributed by atoms with Gasteiger partial charge in [0.1, 0.15) is 11.5 Å². The maximum absolute atomic E-state index is 15.0. The molecule has 3 aromatic rings. The molecular formula is C31H33F5O2. The molecule has 0 unspecified atom stereocenters. The molecule has 1 fully saturated rings. The molecule has 0 saturated heterocycles. The normalized spacial score (nSPS) is 17.9. The molecule has 0 atom stereocenters. The van der Waals surface area contributed by atoms with E-state index in [0.29, 0.717) is 17.0 Å². The van der Waals surface area contributed by atoms with E-state index in [1.54, 1.807) is 0 Å². The van der Waals surface area contributed by atoms with Crippen molar-refractivity contribution in [3.8, 4) is 28.4 Å². The van der Waals surface area contributed by atoms with Crippen LogP contribution in [-0.4, -0.2) is 6.36 Å². The van der Waals surface area contributed by atoms with E-state index in [1.165, 1.54) is 69.2 Å². The predicted molar refractivity (Wildman–Crippen MR) is 139 cm³/mol. The van der Waals surface area contributed by atoms with Gasteiger partial charge < -0.3 is 9.47 Å². The van der Waals surface area contributed by atoms with Crippen LogP contribution >= 0.6 is 0 Å². The summed E-state index contributed by atoms with van der Waals surface area (Å²) in [6, 6.07) is 13.9. The Morgan fingerprint density at radius 2 is 1.45 bits per heavy atom. The van der Waals surface area contributed by atoms with Crippen LogP contribution in [0.15, 0.2) is 54.6 Å². The van der Waals surface area contributed by atoms with Crippen molar-refractivity contribution in [2.75, 3.05) is 0 Å². The summed E-state index contributed by atoms with van der Waals surface area (Å²) in [5.41, 5.74) is 2.39. The van der Waals surface area contributed by atoms with E-state index in [1.807, 2.05) is 24.3 Å². The molecule has 0 aromatic heterocycles. The molecule has 3 aromatic carbocycles. The van der Waals surface area contributed by atoms with Crippen LogP contribution in [0, 0.1) is 24.5 Å². The van der Waals surface area contributed by atoms with Crippen LogP contribution in [0.2, 0.25) is 0 Å². The highest BCUT2D eigenvalue weighted by molar-refractivity contribution is 5.72. The number of halogens is 5. The van der Waals surface area contributed by atoms with Crippen molar-refractivity contribution < 1.29 is 31.4 Å². The molecule has 2 nitrogen and oxygen atoms in total. The molecule has 0 spiro atoms. The van der Waals surface area contributed by atoms with E-state index in [-0.39, 0.29) is 17.1 Å². The van der Waals surface area contributed by atoms with Crippen LogP contribution in [0.5, 0.6) is 17.2 Å². The third kappa shape index (κ3) is 7.06. The lowest BCUT2D eigenvalue weighted by Gasteiger charge is -2.29. The second-order valence-electron chi connectivity index (χ2n) is 10.2. The Morgan fingerprint density at radius 3 is 2.05 bits per heavy atom. The topological polar surface area (TPSA) is 18.5 Å². The van der Waals surface area contributed by atoms with E-state index in [9.17, 15) is 17.6 Å². The Bertz CT molecular complexity index is 1190. The van der Waals surface area contributed by atoms with Gasteiger partial charge in [0.05, 0.1) is 0 Å². The molecule has 0 heterocycles. The van der Waals surface area contributed by atoms with Crippen molar-refractivity contribution in [3.63, 3.8) is 0 Å². The number of unbranched alkanes of at least 4 members (excludes halogenated alkanes) is 2. The number of aryl methyl sites for hydroxylation is 1. The lowest BCUT2D eigenvalue weighted by Crippen LogP contribution is -2.16. The summed E-state index contributed by atoms with van der Waals surface area (Å²) >= 11 is 0. The standard InChI is InChI=1S/C31H33F5O2/c1-3-4-5-6-21-7-9-22(10-8-21)23-11-13-24(14-12-23)27-19-20(2)28(32)29(33)30(27)37-25-15-17-26(18-16-25)38-31(34,35)36/h11-19,21-22H,3-10H2,1-2H3/t21-,22-. The summed E-state index contributed by atoms with van der Waals surface area (Å²) in [5.74, 6) is -1.59. The van der Waals surface area contributed by atoms with Gasteiger partial charge in [0.2, 0.25) is 5.82 Å². The first-order valence-corrected chi connectivity index (χ1v) is 13.3. The maximum atomic E-state index is 15.0. The van der Waals surface area contributed by atoms with Crippen molar-refractivity contribution in [2.24, 2.45) is 5.92 Å². The van der Waals surface area contributed by atoms with Gasteiger partial charge in [-0.3, -0.25) is 0 Å². The molecule has 38 heavy (non-hydrogen) atoms. The monoisotopic (exact) mass is 532 g/mol. The summed E-state index contributed by atoms with van der Waals surface area (Å²) < 4.78 is 76.4. The predicted octanol–water partition coefficient (Wildman–Crippen LogP) is 10.5. The Kier molecular flexibility index (Phi) is 8.95. The largest absolute Gasteiger partial charge is 0.573 e. The van der Waals surface area contributed by atoms with Crippen molar-refractivity contribution >= 4 is 0 Å². The van der Waals surface area contributed by atoms with Gasteiger partial charge in [-0.25, -0.2) is 4.39 Å². The van der Waals surface area contributed by atoms with E-state index >= 15 is 4.39 Å². The molecule has 1 aliphatic carbocycles. The van der Waals surface area contributed by atoms with E-state index in [2.05, 4.69) is 11.7 Å². The molecule has 0 amide bonds. The summed E-state index contributed by atoms with van der Waals surface area (Å²) in [7, 11) is 0. The minimum absolute atomic E-state index is 0.0512. The summed E-state index contributed by atoms with van der Waals surface area (Å²) in [6.07, 6.45) is 5.13. The minimum Gasteiger partial charge on any atom is -0.454 e. The molecule has 0 N–H and O–H groups in total. The quantitative estimate of drug-likeness (QED) is 0.202. The second kappa shape index (κ2) is 12.2. The van der Waals surface area contributed by atoms with E-state index < -0.39 is 23.7 Å². The Morgan fingerprint density at radius 1 is 0.816 bits per heavy atom. The average molecular weight is 533 g/mol. The van der Waals surface area contributed by atoms with E-state index in [4.69, 9.17) is 4.74 Å². The average Bonchev–Trinajstić information content (AvgIpc) is 2.90. The SMILES string of the molecule is CCCCC[C@H]1CC[C@H](c2ccc(-c3cc(C)c(F)c(F)c3Oc3ccc(OC(F)(F)F)cc3)cc2)CC1. The minimum atomic E-state index is -4.83. The number of ether oxygens (including phenoxy) is 2. The summed E-state index contributed by atoms with van der Waals surface area (Å²) in [5, 5.41) is 0. The molecule has 204 valence electrons. The highest BCUT2D eigenvalue weighted by Crippen LogP contribution is 2.41. The van der Waals surface area contributed by atoms with E-state index in [0.717, 1.165) is 30.9 Å². The molecule has 0 bridgehead atoms. The number of benzene rings is 3. The smallest absolute Gasteiger partial charge is 0.454 e. The lowest BCUT2D eigenvalue weighted by atomic mass is 9.77. The van der Waals surface area contributed by atoms with Crippen LogP contribution < -0.4 is 9.47 Å². The van der Waals surface area contributed by atoms with Gasteiger partial charge in [-0.15, -0.1) is 13.2 Å². The fourth-order valence-electron chi connectivity index (χ4n) is 5.28. The fraction of sp³-hybridized carbons (Fsp3) is 0.419. The highest BCUT2D eigenvalue weighted by Gasteiger charge is 2.31. The first kappa shape index (κ1) is 27.9. The van der Waals surface area contributed by atoms with Crippen LogP contribution in [-0.2, 0) is 0 Å². The van der Waals surface area contributed by atoms with Crippen molar-refractivity contribution in [1.29, 1.82) is 0 Å². The number of hydrogen-bond donors (Lipinski definition) is 0. The van der Waals surface area contributed by atoms with Crippen LogP contribution in [0.1, 0.15) is 75.3 Å². The van der Waals surface area contributed by atoms with Gasteiger partial charge in [-0.2, -0.15) is 4.39 Å². The number of hydrogen-bond acceptors (Lipinski definition) is 2. The molecule has 0 aliphatic heterocycles. The van der Waals surface area contributed by atoms with Gasteiger partial charge in [0.25, 0.3) is 0 Å². The van der Waals surface area contributed by atoms with Gasteiger partial charge >= 0.3 is 6.36 Å². The molecule has 1 aliphatic rings. The van der Waals surface area contributed by atoms with Crippen molar-refractivity contribution in [1.82, 2.24) is 0 Å². The zero-order valence-electron chi connectivity index (χ0n) is 21.7. The maximum Gasteiger partial charge on any atom is 0.573 e. The number of rotatable bonds is 9. The third-order valence-electron chi connectivity index (χ3n) is 7.38. The summed E-state index contributed by atoms with van der Waals surface area (Å²) in [6.45, 7) is 3.70. The van der Waals surface area contributed by atoms with Crippen LogP contribution in [0.3, 0.4) is 0 Å². The molecular weight excluding hydrogens is 499 g/mol. The van der Waals surface area contributed by atoms with Crippen LogP contribution in [0.4, 0.5) is 22.0 Å². The number of alkyl halides is 3. The zero-order chi connectivity index (χ0) is 27.3. The lowest BCUT2D eigenvalue weighted by molar-refractivity contribution is -0.274. The first-order chi connectivity index (χ1) is 18.1. The third-order valence-corrected chi connectivity index (χ3v) is 7.38. The van der Waals surface area contributed by atoms with Gasteiger partial charge in [-0.1, -0.05) is 56.9 Å². The molecule has 0 radical (unpaired) electrons. The summed E-state index contributed by atoms with van der Waals surface area (Å²) in [4.78, 5) is 0. The van der Waals surface area contributed by atoms with Gasteiger partial charge in [-0.05, 0) is 91.5 Å². The Labute approximate surface area is 220 Å². The molecule has 1 saturated carbocycles. The van der Waals surface area contributed by atoms with Gasteiger partial charge in [0, 0.05) is 5.56 Å². The molecule has 7 heteroatoms. The highest BCUT2D eigenvalue weighted by atomic mass is 19.4. The van der Waals surface area contributed by atoms with Crippen LogP contribution in [0.25, 0.3) is 11.1 Å². The molecule has 4 rings (SSSR count). The zero-order valence-corrected chi connectivity index (χ0v) is 21.7. The first-order valence-electron chi connectivity index (χ1n) is 13.3. The fourth-order valence-corrected chi connectivity index (χ4v) is 5.28.